The standard InChI is InChI=1S/C50H96N2O5Si2/c1-13-15-17-19-21-23-25-30-35-44(56-58(9,10)49(3,4)5)41-52(40-32-37-47(53)51-46(48(54)55)39-38-43-33-28-27-29-34-43)42-45(57-59(11,12)50(6,7)8)36-31-26-24-22-20-18-16-14-2/h27-29,33-34,44-46H,13-26,30-32,35-42H2,1-12H3,(H,51,53)(H,54,55). The molecule has 1 aromatic rings. The molecule has 59 heavy (non-hydrogen) atoms. The van der Waals surface area contributed by atoms with E-state index in [1.54, 1.807) is 0 Å². The number of benzene rings is 1. The van der Waals surface area contributed by atoms with Gasteiger partial charge in [0.2, 0.25) is 5.91 Å². The first kappa shape index (κ1) is 55.5. The number of nitrogens with zero attached hydrogens (tertiary/aromatic N) is 1. The van der Waals surface area contributed by atoms with Gasteiger partial charge in [0.25, 0.3) is 0 Å². The first-order chi connectivity index (χ1) is 27.7. The topological polar surface area (TPSA) is 88.1 Å². The molecule has 3 unspecified atom stereocenters. The number of hydrogen-bond acceptors (Lipinski definition) is 5. The number of aryl methyl sites for hydroxylation is 1. The second kappa shape index (κ2) is 29.7. The van der Waals surface area contributed by atoms with Gasteiger partial charge in [-0.3, -0.25) is 9.69 Å². The van der Waals surface area contributed by atoms with Crippen molar-refractivity contribution in [2.45, 2.75) is 251 Å². The average molecular weight is 861 g/mol. The van der Waals surface area contributed by atoms with Crippen LogP contribution in [0.2, 0.25) is 36.3 Å². The number of carbonyl (C=O) groups excluding carboxylic acids is 1. The third-order valence-corrected chi connectivity index (χ3v) is 22.4. The summed E-state index contributed by atoms with van der Waals surface area (Å²) in [7, 11) is -4.10. The highest BCUT2D eigenvalue weighted by Crippen LogP contribution is 2.39. The van der Waals surface area contributed by atoms with Crippen LogP contribution in [0.4, 0.5) is 0 Å². The average Bonchev–Trinajstić information content (AvgIpc) is 3.14. The summed E-state index contributed by atoms with van der Waals surface area (Å²) in [6, 6.07) is 8.99. The van der Waals surface area contributed by atoms with Gasteiger partial charge in [-0.25, -0.2) is 4.79 Å². The molecule has 0 radical (unpaired) electrons. The Hall–Kier alpha value is -1.53. The van der Waals surface area contributed by atoms with E-state index in [2.05, 4.69) is 91.8 Å². The van der Waals surface area contributed by atoms with Crippen LogP contribution < -0.4 is 5.32 Å². The van der Waals surface area contributed by atoms with Gasteiger partial charge in [0, 0.05) is 19.5 Å². The van der Waals surface area contributed by atoms with Gasteiger partial charge in [0.1, 0.15) is 6.04 Å². The maximum absolute atomic E-state index is 13.3. The minimum Gasteiger partial charge on any atom is -0.480 e. The Kier molecular flexibility index (Phi) is 27.9. The van der Waals surface area contributed by atoms with Crippen LogP contribution in [-0.4, -0.2) is 76.4 Å². The van der Waals surface area contributed by atoms with E-state index in [1.807, 2.05) is 30.3 Å². The van der Waals surface area contributed by atoms with Crippen LogP contribution in [0, 0.1) is 0 Å². The van der Waals surface area contributed by atoms with Gasteiger partial charge in [-0.15, -0.1) is 0 Å². The van der Waals surface area contributed by atoms with E-state index in [9.17, 15) is 14.7 Å². The van der Waals surface area contributed by atoms with Crippen LogP contribution >= 0.6 is 0 Å². The van der Waals surface area contributed by atoms with Crippen LogP contribution in [0.15, 0.2) is 30.3 Å². The summed E-state index contributed by atoms with van der Waals surface area (Å²) >= 11 is 0. The van der Waals surface area contributed by atoms with E-state index in [0.29, 0.717) is 25.7 Å². The van der Waals surface area contributed by atoms with Crippen LogP contribution in [0.3, 0.4) is 0 Å². The third-order valence-electron chi connectivity index (χ3n) is 13.3. The van der Waals surface area contributed by atoms with Gasteiger partial charge in [-0.1, -0.05) is 188 Å². The van der Waals surface area contributed by atoms with Crippen molar-refractivity contribution in [2.75, 3.05) is 19.6 Å². The number of carboxylic acids is 1. The molecule has 1 rings (SSSR count). The lowest BCUT2D eigenvalue weighted by atomic mass is 10.0. The molecule has 0 heterocycles. The van der Waals surface area contributed by atoms with E-state index in [1.165, 1.54) is 103 Å². The molecule has 0 fully saturated rings. The second-order valence-corrected chi connectivity index (χ2v) is 30.4. The van der Waals surface area contributed by atoms with E-state index in [-0.39, 0.29) is 28.2 Å². The highest BCUT2D eigenvalue weighted by atomic mass is 28.4. The quantitative estimate of drug-likeness (QED) is 0.0522. The minimum atomic E-state index is -2.05. The van der Waals surface area contributed by atoms with Gasteiger partial charge in [-0.05, 0) is 80.5 Å². The molecule has 0 spiro atoms. The highest BCUT2D eigenvalue weighted by molar-refractivity contribution is 6.74. The van der Waals surface area contributed by atoms with Crippen molar-refractivity contribution >= 4 is 28.5 Å². The lowest BCUT2D eigenvalue weighted by Crippen LogP contribution is -2.50. The van der Waals surface area contributed by atoms with Crippen molar-refractivity contribution in [2.24, 2.45) is 0 Å². The molecule has 344 valence electrons. The van der Waals surface area contributed by atoms with Gasteiger partial charge in [0.05, 0.1) is 12.2 Å². The molecule has 9 heteroatoms. The normalized spacial score (nSPS) is 14.4. The summed E-state index contributed by atoms with van der Waals surface area (Å²) in [6.45, 7) is 30.5. The lowest BCUT2D eigenvalue weighted by molar-refractivity contribution is -0.142. The molecular formula is C50H96N2O5Si2. The van der Waals surface area contributed by atoms with Crippen molar-refractivity contribution < 1.29 is 23.5 Å². The molecule has 3 atom stereocenters. The summed E-state index contributed by atoms with van der Waals surface area (Å²) in [5.74, 6) is -1.17. The van der Waals surface area contributed by atoms with Crippen LogP contribution in [0.1, 0.15) is 196 Å². The van der Waals surface area contributed by atoms with Crippen LogP contribution in [-0.2, 0) is 24.9 Å². The number of amides is 1. The first-order valence-electron chi connectivity index (χ1n) is 24.4. The van der Waals surface area contributed by atoms with Gasteiger partial charge in [-0.2, -0.15) is 0 Å². The molecule has 0 aromatic heterocycles. The molecular weight excluding hydrogens is 765 g/mol. The maximum Gasteiger partial charge on any atom is 0.326 e. The van der Waals surface area contributed by atoms with E-state index >= 15 is 0 Å². The second-order valence-electron chi connectivity index (χ2n) is 20.9. The monoisotopic (exact) mass is 861 g/mol. The predicted octanol–water partition coefficient (Wildman–Crippen LogP) is 14.1. The van der Waals surface area contributed by atoms with Gasteiger partial charge in [0.15, 0.2) is 16.6 Å². The zero-order valence-corrected chi connectivity index (χ0v) is 42.8. The smallest absolute Gasteiger partial charge is 0.326 e. The number of rotatable bonds is 35. The van der Waals surface area contributed by atoms with Crippen LogP contribution in [0.5, 0.6) is 0 Å². The zero-order chi connectivity index (χ0) is 44.4. The fourth-order valence-electron chi connectivity index (χ4n) is 7.35. The molecule has 0 aliphatic heterocycles. The Bertz CT molecular complexity index is 1180. The number of unbranched alkanes of at least 4 members (excludes halogenated alkanes) is 14. The van der Waals surface area contributed by atoms with Crippen molar-refractivity contribution in [3.8, 4) is 0 Å². The molecule has 0 bridgehead atoms. The number of hydrogen-bond donors (Lipinski definition) is 2. The predicted molar refractivity (Wildman–Crippen MR) is 259 cm³/mol. The Balaban J connectivity index is 3.25. The summed E-state index contributed by atoms with van der Waals surface area (Å²) in [6.07, 6.45) is 25.0. The Morgan fingerprint density at radius 2 is 1.03 bits per heavy atom. The minimum absolute atomic E-state index is 0.110. The molecule has 7 nitrogen and oxygen atoms in total. The Morgan fingerprint density at radius 3 is 1.42 bits per heavy atom. The summed E-state index contributed by atoms with van der Waals surface area (Å²) in [5.41, 5.74) is 1.08. The van der Waals surface area contributed by atoms with Crippen molar-refractivity contribution in [1.29, 1.82) is 0 Å². The Labute approximate surface area is 367 Å². The molecule has 0 aliphatic rings. The highest BCUT2D eigenvalue weighted by Gasteiger charge is 2.41. The first-order valence-corrected chi connectivity index (χ1v) is 30.2. The molecule has 0 aliphatic carbocycles. The molecule has 1 amide bonds. The van der Waals surface area contributed by atoms with Crippen molar-refractivity contribution in [1.82, 2.24) is 10.2 Å². The van der Waals surface area contributed by atoms with Crippen molar-refractivity contribution in [3.63, 3.8) is 0 Å². The number of carbonyl (C=O) groups is 2. The lowest BCUT2D eigenvalue weighted by Gasteiger charge is -2.42. The summed E-state index contributed by atoms with van der Waals surface area (Å²) in [5, 5.41) is 13.0. The van der Waals surface area contributed by atoms with Crippen molar-refractivity contribution in [3.05, 3.63) is 35.9 Å². The molecule has 0 saturated heterocycles. The maximum atomic E-state index is 13.3. The van der Waals surface area contributed by atoms with E-state index in [4.69, 9.17) is 8.85 Å². The Morgan fingerprint density at radius 1 is 0.627 bits per heavy atom. The van der Waals surface area contributed by atoms with Crippen LogP contribution in [0.25, 0.3) is 0 Å². The molecule has 0 saturated carbocycles. The molecule has 1 aromatic carbocycles. The number of carboxylic acid groups (broad SMARTS) is 1. The SMILES string of the molecule is CCCCCCCCCCC(CN(CCCC(=O)NC(CCc1ccccc1)C(=O)O)CC(CCCCCCCCCC)O[Si](C)(C)C(C)(C)C)O[Si](C)(C)C(C)(C)C. The molecule has 2 N–H and O–H groups in total. The van der Waals surface area contributed by atoms with E-state index in [0.717, 1.165) is 38.0 Å². The van der Waals surface area contributed by atoms with E-state index < -0.39 is 28.6 Å². The summed E-state index contributed by atoms with van der Waals surface area (Å²) < 4.78 is 14.5. The van der Waals surface area contributed by atoms with Gasteiger partial charge >= 0.3 is 5.97 Å². The fourth-order valence-corrected chi connectivity index (χ4v) is 10.1. The van der Waals surface area contributed by atoms with Gasteiger partial charge < -0.3 is 19.3 Å². The fraction of sp³-hybridized carbons (Fsp3) is 0.840. The number of aliphatic carboxylic acids is 1. The number of nitrogens with one attached hydrogen (secondary N) is 1. The summed E-state index contributed by atoms with van der Waals surface area (Å²) in [4.78, 5) is 28.1. The third kappa shape index (κ3) is 25.2. The zero-order valence-electron chi connectivity index (χ0n) is 40.8. The largest absolute Gasteiger partial charge is 0.480 e.